The first kappa shape index (κ1) is 19.4. The Morgan fingerprint density at radius 3 is 2.03 bits per heavy atom. The molecule has 0 aliphatic carbocycles. The Kier molecular flexibility index (Phi) is 4.61. The zero-order valence-corrected chi connectivity index (χ0v) is 18.7. The molecule has 148 valence electrons. The molecule has 0 unspecified atom stereocenters. The number of aromatic nitrogens is 2. The number of imidazole rings is 1. The minimum atomic E-state index is 0.144. The zero-order valence-electron chi connectivity index (χ0n) is 18.7. The Hall–Kier alpha value is -2.87. The lowest BCUT2D eigenvalue weighted by Gasteiger charge is -2.20. The Balaban J connectivity index is 2.10. The lowest BCUT2D eigenvalue weighted by Crippen LogP contribution is -2.30. The highest BCUT2D eigenvalue weighted by Crippen LogP contribution is 2.33. The van der Waals surface area contributed by atoms with Gasteiger partial charge in [-0.3, -0.25) is 0 Å². The van der Waals surface area contributed by atoms with Crippen LogP contribution in [-0.2, 0) is 12.5 Å². The third-order valence-corrected chi connectivity index (χ3v) is 6.01. The van der Waals surface area contributed by atoms with E-state index in [1.807, 2.05) is 0 Å². The maximum atomic E-state index is 2.44. The van der Waals surface area contributed by atoms with Crippen LogP contribution in [0, 0.1) is 20.8 Å². The average molecular weight is 384 g/mol. The number of fused-ring (bicyclic) bond motifs is 1. The van der Waals surface area contributed by atoms with Crippen LogP contribution in [0.2, 0.25) is 0 Å². The fraction of sp³-hybridized carbons (Fsp3) is 0.296. The van der Waals surface area contributed by atoms with Gasteiger partial charge in [0.1, 0.15) is 5.69 Å². The highest BCUT2D eigenvalue weighted by atomic mass is 15.2. The topological polar surface area (TPSA) is 8.81 Å². The lowest BCUT2D eigenvalue weighted by atomic mass is 9.85. The van der Waals surface area contributed by atoms with E-state index in [1.165, 1.54) is 50.4 Å². The van der Waals surface area contributed by atoms with Crippen molar-refractivity contribution in [3.63, 3.8) is 0 Å². The van der Waals surface area contributed by atoms with Crippen molar-refractivity contribution in [2.75, 3.05) is 0 Å². The van der Waals surface area contributed by atoms with Crippen LogP contribution in [0.4, 0.5) is 0 Å². The Morgan fingerprint density at radius 1 is 0.759 bits per heavy atom. The van der Waals surface area contributed by atoms with Gasteiger partial charge in [0.25, 0.3) is 5.82 Å². The molecule has 0 aliphatic heterocycles. The van der Waals surface area contributed by atoms with Crippen LogP contribution in [0.25, 0.3) is 28.1 Å². The van der Waals surface area contributed by atoms with Crippen molar-refractivity contribution in [2.24, 2.45) is 7.05 Å². The van der Waals surface area contributed by atoms with Gasteiger partial charge < -0.3 is 0 Å². The van der Waals surface area contributed by atoms with Gasteiger partial charge in [0.15, 0.2) is 11.0 Å². The van der Waals surface area contributed by atoms with E-state index in [1.54, 1.807) is 0 Å². The number of rotatable bonds is 2. The maximum Gasteiger partial charge on any atom is 0.295 e. The Labute approximate surface area is 174 Å². The molecule has 2 nitrogen and oxygen atoms in total. The zero-order chi connectivity index (χ0) is 20.9. The molecule has 4 aromatic rings. The van der Waals surface area contributed by atoms with E-state index in [0.29, 0.717) is 0 Å². The largest absolute Gasteiger partial charge is 0.295 e. The van der Waals surface area contributed by atoms with Gasteiger partial charge in [0.05, 0.1) is 12.6 Å². The van der Waals surface area contributed by atoms with E-state index in [9.17, 15) is 0 Å². The molecule has 29 heavy (non-hydrogen) atoms. The van der Waals surface area contributed by atoms with Gasteiger partial charge in [-0.1, -0.05) is 63.2 Å². The van der Waals surface area contributed by atoms with Crippen LogP contribution in [0.1, 0.15) is 43.0 Å². The lowest BCUT2D eigenvalue weighted by molar-refractivity contribution is -0.633. The molecule has 0 atom stereocenters. The quantitative estimate of drug-likeness (QED) is 0.357. The highest BCUT2D eigenvalue weighted by molar-refractivity contribution is 5.80. The monoisotopic (exact) mass is 383 g/mol. The standard InChI is InChI=1S/C27H31N2/c1-18-11-10-12-19(2)25(18)29-24-14-9-8-13-23(24)28(7)26(29)22-16-15-21(17-20(22)3)27(4,5)6/h8-17H,1-7H3/q+1. The first-order valence-corrected chi connectivity index (χ1v) is 10.4. The van der Waals surface area contributed by atoms with Gasteiger partial charge in [0.2, 0.25) is 0 Å². The van der Waals surface area contributed by atoms with Crippen molar-refractivity contribution in [3.05, 3.63) is 82.9 Å². The molecule has 0 N–H and O–H groups in total. The maximum absolute atomic E-state index is 2.44. The molecular formula is C27H31N2+. The summed E-state index contributed by atoms with van der Waals surface area (Å²) in [4.78, 5) is 0. The Bertz CT molecular complexity index is 1200. The summed E-state index contributed by atoms with van der Waals surface area (Å²) in [6.45, 7) is 13.5. The predicted molar refractivity (Wildman–Crippen MR) is 123 cm³/mol. The van der Waals surface area contributed by atoms with Crippen LogP contribution in [0.15, 0.2) is 60.7 Å². The van der Waals surface area contributed by atoms with Gasteiger partial charge in [-0.2, -0.15) is 4.57 Å². The minimum absolute atomic E-state index is 0.144. The van der Waals surface area contributed by atoms with Gasteiger partial charge in [-0.25, -0.2) is 4.57 Å². The van der Waals surface area contributed by atoms with E-state index in [0.717, 1.165) is 0 Å². The summed E-state index contributed by atoms with van der Waals surface area (Å²) in [5.74, 6) is 1.22. The second kappa shape index (κ2) is 6.88. The third-order valence-electron chi connectivity index (χ3n) is 6.01. The summed E-state index contributed by atoms with van der Waals surface area (Å²) in [5.41, 5.74) is 10.4. The summed E-state index contributed by atoms with van der Waals surface area (Å²) in [5, 5.41) is 0. The van der Waals surface area contributed by atoms with Crippen molar-refractivity contribution < 1.29 is 4.57 Å². The third kappa shape index (κ3) is 3.17. The molecule has 3 aromatic carbocycles. The summed E-state index contributed by atoms with van der Waals surface area (Å²) < 4.78 is 4.78. The van der Waals surface area contributed by atoms with Crippen molar-refractivity contribution >= 4 is 11.0 Å². The van der Waals surface area contributed by atoms with Gasteiger partial charge in [0, 0.05) is 0 Å². The van der Waals surface area contributed by atoms with E-state index in [2.05, 4.69) is 118 Å². The second-order valence-electron chi connectivity index (χ2n) is 9.23. The fourth-order valence-electron chi connectivity index (χ4n) is 4.38. The van der Waals surface area contributed by atoms with E-state index >= 15 is 0 Å². The number of nitrogens with zero attached hydrogens (tertiary/aromatic N) is 2. The number of hydrogen-bond acceptors (Lipinski definition) is 0. The summed E-state index contributed by atoms with van der Waals surface area (Å²) in [7, 11) is 2.18. The normalized spacial score (nSPS) is 12.0. The Morgan fingerprint density at radius 2 is 1.41 bits per heavy atom. The van der Waals surface area contributed by atoms with Crippen molar-refractivity contribution in [1.29, 1.82) is 0 Å². The highest BCUT2D eigenvalue weighted by Gasteiger charge is 2.29. The van der Waals surface area contributed by atoms with Crippen LogP contribution < -0.4 is 4.57 Å². The van der Waals surface area contributed by atoms with Gasteiger partial charge in [-0.15, -0.1) is 0 Å². The molecule has 1 aromatic heterocycles. The van der Waals surface area contributed by atoms with E-state index in [4.69, 9.17) is 0 Å². The molecule has 0 saturated carbocycles. The average Bonchev–Trinajstić information content (AvgIpc) is 2.94. The molecule has 0 saturated heterocycles. The van der Waals surface area contributed by atoms with Gasteiger partial charge >= 0.3 is 0 Å². The van der Waals surface area contributed by atoms with Crippen molar-refractivity contribution in [3.8, 4) is 17.1 Å². The SMILES string of the molecule is Cc1cc(C(C)(C)C)ccc1-c1n(-c2c(C)cccc2C)c2ccccc2[n+]1C. The van der Waals surface area contributed by atoms with Gasteiger partial charge in [-0.05, 0) is 66.6 Å². The van der Waals surface area contributed by atoms with Crippen LogP contribution >= 0.6 is 0 Å². The number of benzene rings is 3. The summed E-state index contributed by atoms with van der Waals surface area (Å²) in [6.07, 6.45) is 0. The fourth-order valence-corrected chi connectivity index (χ4v) is 4.38. The first-order valence-electron chi connectivity index (χ1n) is 10.4. The number of para-hydroxylation sites is 3. The van der Waals surface area contributed by atoms with E-state index in [-0.39, 0.29) is 5.41 Å². The molecule has 0 spiro atoms. The molecule has 0 aliphatic rings. The van der Waals surface area contributed by atoms with Crippen LogP contribution in [0.3, 0.4) is 0 Å². The first-order chi connectivity index (χ1) is 13.7. The number of aryl methyl sites for hydroxylation is 4. The second-order valence-corrected chi connectivity index (χ2v) is 9.23. The predicted octanol–water partition coefficient (Wildman–Crippen LogP) is 6.34. The summed E-state index contributed by atoms with van der Waals surface area (Å²) in [6, 6.07) is 22.2. The van der Waals surface area contributed by atoms with Crippen LogP contribution in [0.5, 0.6) is 0 Å². The molecule has 2 heteroatoms. The summed E-state index contributed by atoms with van der Waals surface area (Å²) >= 11 is 0. The van der Waals surface area contributed by atoms with Crippen molar-refractivity contribution in [2.45, 2.75) is 47.0 Å². The molecule has 4 rings (SSSR count). The molecule has 1 heterocycles. The minimum Gasteiger partial charge on any atom is -0.225 e. The van der Waals surface area contributed by atoms with Crippen molar-refractivity contribution in [1.82, 2.24) is 4.57 Å². The molecule has 0 bridgehead atoms. The smallest absolute Gasteiger partial charge is 0.225 e. The van der Waals surface area contributed by atoms with E-state index < -0.39 is 0 Å². The van der Waals surface area contributed by atoms with Crippen LogP contribution in [-0.4, -0.2) is 4.57 Å². The number of hydrogen-bond donors (Lipinski definition) is 0. The molecule has 0 amide bonds. The molecule has 0 fully saturated rings. The molecule has 0 radical (unpaired) electrons. The molecular weight excluding hydrogens is 352 g/mol.